The van der Waals surface area contributed by atoms with Crippen molar-refractivity contribution in [2.24, 2.45) is 0 Å². The van der Waals surface area contributed by atoms with Crippen molar-refractivity contribution in [3.63, 3.8) is 0 Å². The van der Waals surface area contributed by atoms with E-state index >= 15 is 0 Å². The molecule has 0 aliphatic rings. The van der Waals surface area contributed by atoms with Crippen LogP contribution in [0.3, 0.4) is 0 Å². The van der Waals surface area contributed by atoms with Gasteiger partial charge in [-0.25, -0.2) is 0 Å². The molecule has 76 valence electrons. The molecule has 0 rings (SSSR count). The molecule has 0 bridgehead atoms. The zero-order chi connectivity index (χ0) is 10.6. The Bertz CT molecular complexity index is 265. The van der Waals surface area contributed by atoms with Gasteiger partial charge in [-0.2, -0.15) is 0 Å². The molecule has 0 aromatic rings. The van der Waals surface area contributed by atoms with Gasteiger partial charge in [-0.3, -0.25) is 0 Å². The van der Waals surface area contributed by atoms with Crippen LogP contribution in [0.1, 0.15) is 13.8 Å². The highest BCUT2D eigenvalue weighted by Crippen LogP contribution is 1.98. The molecule has 0 aliphatic carbocycles. The van der Waals surface area contributed by atoms with Gasteiger partial charge >= 0.3 is 0 Å². The zero-order valence-corrected chi connectivity index (χ0v) is 9.10. The summed E-state index contributed by atoms with van der Waals surface area (Å²) in [6, 6.07) is 0. The van der Waals surface area contributed by atoms with Crippen molar-refractivity contribution in [3.05, 3.63) is 60.4 Å². The third-order valence-corrected chi connectivity index (χ3v) is 1.47. The Morgan fingerprint density at radius 2 is 1.50 bits per heavy atom. The molecule has 0 aromatic carbocycles. The van der Waals surface area contributed by atoms with Gasteiger partial charge in [0.15, 0.2) is 0 Å². The second-order valence-electron chi connectivity index (χ2n) is 2.57. The third-order valence-electron chi connectivity index (χ3n) is 1.47. The van der Waals surface area contributed by atoms with E-state index in [0.717, 1.165) is 5.76 Å². The third kappa shape index (κ3) is 7.17. The molecule has 14 heavy (non-hydrogen) atoms. The van der Waals surface area contributed by atoms with E-state index in [2.05, 4.69) is 0 Å². The maximum Gasteiger partial charge on any atom is 0.118 e. The number of hydrogen-bond donors (Lipinski definition) is 0. The van der Waals surface area contributed by atoms with Crippen LogP contribution in [0, 0.1) is 0 Å². The highest BCUT2D eigenvalue weighted by atomic mass is 16.5. The predicted octanol–water partition coefficient (Wildman–Crippen LogP) is 3.78. The van der Waals surface area contributed by atoms with Gasteiger partial charge in [0, 0.05) is 0 Å². The lowest BCUT2D eigenvalue weighted by molar-refractivity contribution is 0.307. The van der Waals surface area contributed by atoms with E-state index in [1.54, 1.807) is 7.11 Å². The Balaban J connectivity index is 4.25. The zero-order valence-electron chi connectivity index (χ0n) is 9.10. The molecule has 0 amide bonds. The van der Waals surface area contributed by atoms with Crippen LogP contribution in [0.2, 0.25) is 0 Å². The smallest absolute Gasteiger partial charge is 0.118 e. The normalized spacial score (nSPS) is 14.1. The average molecular weight is 190 g/mol. The van der Waals surface area contributed by atoms with Crippen molar-refractivity contribution in [2.45, 2.75) is 13.8 Å². The largest absolute Gasteiger partial charge is 0.497 e. The fourth-order valence-electron chi connectivity index (χ4n) is 0.779. The minimum atomic E-state index is 0.837. The monoisotopic (exact) mass is 190 g/mol. The molecular formula is C13H18O. The first kappa shape index (κ1) is 12.5. The standard InChI is InChI=1S/C13H18O/c1-4-6-8-10-12-13(14-3)11-9-7-5-2/h4-12H,1-3H3/b6-4+,7-5-,10-8+,11-9-,13-12-. The lowest BCUT2D eigenvalue weighted by atomic mass is 10.3. The Hall–Kier alpha value is -1.50. The van der Waals surface area contributed by atoms with Crippen molar-refractivity contribution in [1.29, 1.82) is 0 Å². The van der Waals surface area contributed by atoms with Gasteiger partial charge in [0.2, 0.25) is 0 Å². The van der Waals surface area contributed by atoms with Gasteiger partial charge in [0.25, 0.3) is 0 Å². The first-order chi connectivity index (χ1) is 6.85. The van der Waals surface area contributed by atoms with Gasteiger partial charge < -0.3 is 4.74 Å². The van der Waals surface area contributed by atoms with Gasteiger partial charge in [0.1, 0.15) is 5.76 Å². The van der Waals surface area contributed by atoms with E-state index in [-0.39, 0.29) is 0 Å². The number of allylic oxidation sites excluding steroid dienone is 9. The maximum atomic E-state index is 5.14. The first-order valence-corrected chi connectivity index (χ1v) is 4.68. The summed E-state index contributed by atoms with van der Waals surface area (Å²) in [6.07, 6.45) is 17.6. The molecule has 0 saturated heterocycles. The lowest BCUT2D eigenvalue weighted by Gasteiger charge is -1.96. The van der Waals surface area contributed by atoms with Crippen molar-refractivity contribution < 1.29 is 4.74 Å². The summed E-state index contributed by atoms with van der Waals surface area (Å²) in [5.41, 5.74) is 0. The Labute approximate surface area is 86.8 Å². The van der Waals surface area contributed by atoms with Crippen LogP contribution in [-0.4, -0.2) is 7.11 Å². The second-order valence-corrected chi connectivity index (χ2v) is 2.57. The molecule has 0 radical (unpaired) electrons. The van der Waals surface area contributed by atoms with Gasteiger partial charge in [-0.05, 0) is 26.0 Å². The summed E-state index contributed by atoms with van der Waals surface area (Å²) in [6.45, 7) is 3.96. The molecule has 0 unspecified atom stereocenters. The fourth-order valence-corrected chi connectivity index (χ4v) is 0.779. The van der Waals surface area contributed by atoms with E-state index in [1.807, 2.05) is 68.5 Å². The van der Waals surface area contributed by atoms with Crippen molar-refractivity contribution in [2.75, 3.05) is 7.11 Å². The molecule has 0 heterocycles. The van der Waals surface area contributed by atoms with Crippen molar-refractivity contribution in [3.8, 4) is 0 Å². The van der Waals surface area contributed by atoms with E-state index in [0.29, 0.717) is 0 Å². The molecule has 0 N–H and O–H groups in total. The molecule has 1 heteroatoms. The Morgan fingerprint density at radius 3 is 2.07 bits per heavy atom. The van der Waals surface area contributed by atoms with Crippen LogP contribution in [0.15, 0.2) is 60.4 Å². The van der Waals surface area contributed by atoms with Gasteiger partial charge in [0.05, 0.1) is 7.11 Å². The van der Waals surface area contributed by atoms with Crippen LogP contribution in [-0.2, 0) is 4.74 Å². The summed E-state index contributed by atoms with van der Waals surface area (Å²) in [5.74, 6) is 0.837. The highest BCUT2D eigenvalue weighted by Gasteiger charge is 1.83. The van der Waals surface area contributed by atoms with Crippen LogP contribution in [0.25, 0.3) is 0 Å². The quantitative estimate of drug-likeness (QED) is 0.473. The molecule has 0 fully saturated rings. The Kier molecular flexibility index (Phi) is 8.56. The van der Waals surface area contributed by atoms with Gasteiger partial charge in [-0.15, -0.1) is 0 Å². The SMILES string of the molecule is C\C=C/C=C\C(=C\C=C\C=C\C)OC. The highest BCUT2D eigenvalue weighted by molar-refractivity contribution is 5.22. The summed E-state index contributed by atoms with van der Waals surface area (Å²) in [7, 11) is 1.66. The molecule has 0 aromatic heterocycles. The second kappa shape index (κ2) is 9.59. The number of hydrogen-bond acceptors (Lipinski definition) is 1. The Morgan fingerprint density at radius 1 is 0.857 bits per heavy atom. The summed E-state index contributed by atoms with van der Waals surface area (Å²) >= 11 is 0. The molecule has 0 saturated carbocycles. The first-order valence-electron chi connectivity index (χ1n) is 4.68. The van der Waals surface area contributed by atoms with E-state index < -0.39 is 0 Å². The summed E-state index contributed by atoms with van der Waals surface area (Å²) in [5, 5.41) is 0. The summed E-state index contributed by atoms with van der Waals surface area (Å²) < 4.78 is 5.14. The molecule has 0 spiro atoms. The van der Waals surface area contributed by atoms with Crippen LogP contribution in [0.4, 0.5) is 0 Å². The number of methoxy groups -OCH3 is 1. The number of rotatable bonds is 5. The van der Waals surface area contributed by atoms with Crippen LogP contribution in [0.5, 0.6) is 0 Å². The molecular weight excluding hydrogens is 172 g/mol. The molecule has 0 aliphatic heterocycles. The van der Waals surface area contributed by atoms with E-state index in [9.17, 15) is 0 Å². The summed E-state index contributed by atoms with van der Waals surface area (Å²) in [4.78, 5) is 0. The van der Waals surface area contributed by atoms with Crippen LogP contribution >= 0.6 is 0 Å². The number of ether oxygens (including phenoxy) is 1. The lowest BCUT2D eigenvalue weighted by Crippen LogP contribution is -1.79. The average Bonchev–Trinajstić information content (AvgIpc) is 2.22. The minimum Gasteiger partial charge on any atom is -0.497 e. The van der Waals surface area contributed by atoms with Crippen LogP contribution < -0.4 is 0 Å². The molecule has 1 nitrogen and oxygen atoms in total. The predicted molar refractivity (Wildman–Crippen MR) is 63.0 cm³/mol. The van der Waals surface area contributed by atoms with Crippen molar-refractivity contribution >= 4 is 0 Å². The molecule has 0 atom stereocenters. The fraction of sp³-hybridized carbons (Fsp3) is 0.231. The topological polar surface area (TPSA) is 9.23 Å². The van der Waals surface area contributed by atoms with Gasteiger partial charge in [-0.1, -0.05) is 42.5 Å². The minimum absolute atomic E-state index is 0.837. The van der Waals surface area contributed by atoms with E-state index in [1.165, 1.54) is 0 Å². The van der Waals surface area contributed by atoms with E-state index in [4.69, 9.17) is 4.74 Å². The maximum absolute atomic E-state index is 5.14. The van der Waals surface area contributed by atoms with Crippen molar-refractivity contribution in [1.82, 2.24) is 0 Å².